The zero-order valence-corrected chi connectivity index (χ0v) is 9.16. The predicted molar refractivity (Wildman–Crippen MR) is 56.8 cm³/mol. The third-order valence-electron chi connectivity index (χ3n) is 2.33. The smallest absolute Gasteiger partial charge is 0.309 e. The van der Waals surface area contributed by atoms with Gasteiger partial charge >= 0.3 is 5.97 Å². The van der Waals surface area contributed by atoms with Crippen molar-refractivity contribution in [3.63, 3.8) is 0 Å². The number of carbonyl (C=O) groups excluding carboxylic acids is 1. The van der Waals surface area contributed by atoms with E-state index in [-0.39, 0.29) is 17.8 Å². The average Bonchev–Trinajstić information content (AvgIpc) is 2.16. The standard InChI is InChI=1S/C12H13FO3/c1-12(2,11(15)16)7-10(14)8-4-3-5-9(13)6-8/h3-6H,7H2,1-2H3,(H,15,16). The van der Waals surface area contributed by atoms with Gasteiger partial charge in [-0.2, -0.15) is 0 Å². The van der Waals surface area contributed by atoms with Crippen LogP contribution in [0.5, 0.6) is 0 Å². The number of carboxylic acids is 1. The summed E-state index contributed by atoms with van der Waals surface area (Å²) < 4.78 is 12.9. The van der Waals surface area contributed by atoms with E-state index >= 15 is 0 Å². The van der Waals surface area contributed by atoms with Crippen molar-refractivity contribution in [2.45, 2.75) is 20.3 Å². The molecule has 0 atom stereocenters. The van der Waals surface area contributed by atoms with Gasteiger partial charge in [0.2, 0.25) is 0 Å². The molecule has 0 spiro atoms. The molecule has 0 radical (unpaired) electrons. The van der Waals surface area contributed by atoms with E-state index in [1.54, 1.807) is 0 Å². The molecule has 16 heavy (non-hydrogen) atoms. The van der Waals surface area contributed by atoms with Gasteiger partial charge in [-0.1, -0.05) is 12.1 Å². The van der Waals surface area contributed by atoms with E-state index in [2.05, 4.69) is 0 Å². The maximum Gasteiger partial charge on any atom is 0.309 e. The summed E-state index contributed by atoms with van der Waals surface area (Å²) in [4.78, 5) is 22.5. The third-order valence-corrected chi connectivity index (χ3v) is 2.33. The van der Waals surface area contributed by atoms with Crippen LogP contribution in [0.3, 0.4) is 0 Å². The zero-order valence-electron chi connectivity index (χ0n) is 9.16. The lowest BCUT2D eigenvalue weighted by atomic mass is 9.86. The number of carboxylic acid groups (broad SMARTS) is 1. The minimum Gasteiger partial charge on any atom is -0.481 e. The van der Waals surface area contributed by atoms with Crippen molar-refractivity contribution in [3.8, 4) is 0 Å². The van der Waals surface area contributed by atoms with Gasteiger partial charge in [-0.05, 0) is 26.0 Å². The number of benzene rings is 1. The first-order valence-electron chi connectivity index (χ1n) is 4.85. The molecule has 0 unspecified atom stereocenters. The van der Waals surface area contributed by atoms with Crippen LogP contribution in [0.15, 0.2) is 24.3 Å². The molecule has 0 saturated heterocycles. The highest BCUT2D eigenvalue weighted by Crippen LogP contribution is 2.23. The van der Waals surface area contributed by atoms with E-state index in [0.717, 1.165) is 6.07 Å². The van der Waals surface area contributed by atoms with E-state index in [4.69, 9.17) is 5.11 Å². The molecule has 0 bridgehead atoms. The van der Waals surface area contributed by atoms with Crippen LogP contribution >= 0.6 is 0 Å². The highest BCUT2D eigenvalue weighted by Gasteiger charge is 2.30. The van der Waals surface area contributed by atoms with Gasteiger partial charge in [-0.25, -0.2) is 4.39 Å². The molecule has 0 fully saturated rings. The SMILES string of the molecule is CC(C)(CC(=O)c1cccc(F)c1)C(=O)O. The van der Waals surface area contributed by atoms with Crippen molar-refractivity contribution in [1.82, 2.24) is 0 Å². The zero-order chi connectivity index (χ0) is 12.3. The van der Waals surface area contributed by atoms with Gasteiger partial charge in [-0.15, -0.1) is 0 Å². The van der Waals surface area contributed by atoms with Crippen molar-refractivity contribution >= 4 is 11.8 Å². The number of hydrogen-bond acceptors (Lipinski definition) is 2. The van der Waals surface area contributed by atoms with Crippen LogP contribution in [0, 0.1) is 11.2 Å². The van der Waals surface area contributed by atoms with E-state index in [0.29, 0.717) is 0 Å². The van der Waals surface area contributed by atoms with Crippen molar-refractivity contribution < 1.29 is 19.1 Å². The Morgan fingerprint density at radius 2 is 2.00 bits per heavy atom. The summed E-state index contributed by atoms with van der Waals surface area (Å²) in [6.45, 7) is 2.93. The van der Waals surface area contributed by atoms with Gasteiger partial charge in [0, 0.05) is 12.0 Å². The van der Waals surface area contributed by atoms with Crippen LogP contribution < -0.4 is 0 Å². The number of hydrogen-bond donors (Lipinski definition) is 1. The molecule has 0 aromatic heterocycles. The fourth-order valence-electron chi connectivity index (χ4n) is 1.24. The van der Waals surface area contributed by atoms with Gasteiger partial charge in [0.25, 0.3) is 0 Å². The van der Waals surface area contributed by atoms with E-state index in [9.17, 15) is 14.0 Å². The highest BCUT2D eigenvalue weighted by atomic mass is 19.1. The van der Waals surface area contributed by atoms with Gasteiger partial charge in [-0.3, -0.25) is 9.59 Å². The lowest BCUT2D eigenvalue weighted by molar-refractivity contribution is -0.146. The fourth-order valence-corrected chi connectivity index (χ4v) is 1.24. The van der Waals surface area contributed by atoms with Crippen molar-refractivity contribution in [2.75, 3.05) is 0 Å². The maximum absolute atomic E-state index is 12.9. The summed E-state index contributed by atoms with van der Waals surface area (Å²) in [5.74, 6) is -1.91. The van der Waals surface area contributed by atoms with Gasteiger partial charge in [0.15, 0.2) is 5.78 Å². The molecule has 0 aliphatic carbocycles. The van der Waals surface area contributed by atoms with Crippen LogP contribution in [-0.4, -0.2) is 16.9 Å². The second-order valence-electron chi connectivity index (χ2n) is 4.30. The Morgan fingerprint density at radius 3 is 2.50 bits per heavy atom. The predicted octanol–water partition coefficient (Wildman–Crippen LogP) is 2.51. The molecule has 0 amide bonds. The van der Waals surface area contributed by atoms with E-state index in [1.807, 2.05) is 0 Å². The summed E-state index contributed by atoms with van der Waals surface area (Å²) in [7, 11) is 0. The van der Waals surface area contributed by atoms with Crippen LogP contribution in [0.2, 0.25) is 0 Å². The minimum absolute atomic E-state index is 0.147. The molecule has 86 valence electrons. The minimum atomic E-state index is -1.14. The lowest BCUT2D eigenvalue weighted by Crippen LogP contribution is -2.26. The molecule has 0 aliphatic rings. The quantitative estimate of drug-likeness (QED) is 0.799. The number of halogens is 1. The number of aliphatic carboxylic acids is 1. The third kappa shape index (κ3) is 2.89. The van der Waals surface area contributed by atoms with Gasteiger partial charge in [0.1, 0.15) is 5.82 Å². The molecular weight excluding hydrogens is 211 g/mol. The summed E-state index contributed by atoms with van der Waals surface area (Å²) in [5.41, 5.74) is -0.932. The summed E-state index contributed by atoms with van der Waals surface area (Å²) in [5, 5.41) is 8.87. The Morgan fingerprint density at radius 1 is 1.38 bits per heavy atom. The summed E-state index contributed by atoms with van der Waals surface area (Å²) in [6.07, 6.45) is -0.147. The molecule has 0 heterocycles. The number of carbonyl (C=O) groups is 2. The van der Waals surface area contributed by atoms with Crippen molar-refractivity contribution in [1.29, 1.82) is 0 Å². The number of Topliss-reactive ketones (excluding diaryl/α,β-unsaturated/α-hetero) is 1. The molecule has 0 saturated carbocycles. The second kappa shape index (κ2) is 4.43. The molecule has 1 aromatic rings. The Hall–Kier alpha value is -1.71. The Balaban J connectivity index is 2.85. The fraction of sp³-hybridized carbons (Fsp3) is 0.333. The number of ketones is 1. The van der Waals surface area contributed by atoms with Gasteiger partial charge in [0.05, 0.1) is 5.41 Å². The molecule has 4 heteroatoms. The molecular formula is C12H13FO3. The first-order valence-corrected chi connectivity index (χ1v) is 4.85. The first kappa shape index (κ1) is 12.4. The first-order chi connectivity index (χ1) is 7.33. The van der Waals surface area contributed by atoms with E-state index < -0.39 is 17.2 Å². The van der Waals surface area contributed by atoms with Crippen LogP contribution in [-0.2, 0) is 4.79 Å². The Bertz CT molecular complexity index is 424. The lowest BCUT2D eigenvalue weighted by Gasteiger charge is -2.17. The second-order valence-corrected chi connectivity index (χ2v) is 4.30. The molecule has 0 aliphatic heterocycles. The van der Waals surface area contributed by atoms with Crippen LogP contribution in [0.25, 0.3) is 0 Å². The van der Waals surface area contributed by atoms with Crippen molar-refractivity contribution in [2.24, 2.45) is 5.41 Å². The topological polar surface area (TPSA) is 54.4 Å². The summed E-state index contributed by atoms with van der Waals surface area (Å²) in [6, 6.07) is 5.25. The molecule has 1 aromatic carbocycles. The van der Waals surface area contributed by atoms with Gasteiger partial charge < -0.3 is 5.11 Å². The molecule has 1 rings (SSSR count). The van der Waals surface area contributed by atoms with Crippen molar-refractivity contribution in [3.05, 3.63) is 35.6 Å². The molecule has 1 N–H and O–H groups in total. The monoisotopic (exact) mass is 224 g/mol. The highest BCUT2D eigenvalue weighted by molar-refractivity contribution is 5.98. The largest absolute Gasteiger partial charge is 0.481 e. The average molecular weight is 224 g/mol. The van der Waals surface area contributed by atoms with Crippen LogP contribution in [0.1, 0.15) is 30.6 Å². The number of rotatable bonds is 4. The molecule has 3 nitrogen and oxygen atoms in total. The van der Waals surface area contributed by atoms with E-state index in [1.165, 1.54) is 32.0 Å². The Labute approximate surface area is 92.9 Å². The Kier molecular flexibility index (Phi) is 3.42. The maximum atomic E-state index is 12.9. The summed E-state index contributed by atoms with van der Waals surface area (Å²) >= 11 is 0. The van der Waals surface area contributed by atoms with Crippen LogP contribution in [0.4, 0.5) is 4.39 Å². The normalized spacial score (nSPS) is 11.2.